The van der Waals surface area contributed by atoms with Gasteiger partial charge < -0.3 is 10.0 Å². The lowest BCUT2D eigenvalue weighted by atomic mass is 9.98. The van der Waals surface area contributed by atoms with E-state index in [1.54, 1.807) is 4.90 Å². The maximum atomic E-state index is 12.3. The van der Waals surface area contributed by atoms with Crippen LogP contribution in [0.25, 0.3) is 0 Å². The maximum Gasteiger partial charge on any atom is 0.446 e. The Morgan fingerprint density at radius 2 is 2.00 bits per heavy atom. The van der Waals surface area contributed by atoms with Crippen molar-refractivity contribution in [1.82, 2.24) is 4.90 Å². The van der Waals surface area contributed by atoms with Crippen LogP contribution in [0.3, 0.4) is 0 Å². The summed E-state index contributed by atoms with van der Waals surface area (Å²) in [5, 5.41) is 9.16. The number of hydrogen-bond acceptors (Lipinski definition) is 3. The highest BCUT2D eigenvalue weighted by Gasteiger charge is 2.29. The molecular formula is C14H16F3NO2S. The van der Waals surface area contributed by atoms with Crippen molar-refractivity contribution in [2.24, 2.45) is 5.92 Å². The van der Waals surface area contributed by atoms with Gasteiger partial charge in [0, 0.05) is 30.2 Å². The molecule has 2 rings (SSSR count). The molecule has 1 aliphatic heterocycles. The van der Waals surface area contributed by atoms with Gasteiger partial charge in [-0.05, 0) is 54.8 Å². The number of nitrogens with zero attached hydrogens (tertiary/aromatic N) is 1. The van der Waals surface area contributed by atoms with E-state index in [1.165, 1.54) is 24.3 Å². The minimum absolute atomic E-state index is 0.0466. The summed E-state index contributed by atoms with van der Waals surface area (Å²) in [7, 11) is 0. The van der Waals surface area contributed by atoms with Gasteiger partial charge in [0.05, 0.1) is 0 Å². The molecule has 0 aliphatic carbocycles. The maximum absolute atomic E-state index is 12.3. The smallest absolute Gasteiger partial charge is 0.396 e. The first-order valence-electron chi connectivity index (χ1n) is 6.65. The van der Waals surface area contributed by atoms with Gasteiger partial charge in [0.1, 0.15) is 0 Å². The van der Waals surface area contributed by atoms with Crippen LogP contribution < -0.4 is 0 Å². The van der Waals surface area contributed by atoms with Crippen LogP contribution in [-0.2, 0) is 0 Å². The largest absolute Gasteiger partial charge is 0.446 e. The van der Waals surface area contributed by atoms with Crippen molar-refractivity contribution in [2.75, 3.05) is 19.7 Å². The van der Waals surface area contributed by atoms with Gasteiger partial charge in [-0.2, -0.15) is 13.2 Å². The second-order valence-corrected chi connectivity index (χ2v) is 6.15. The molecule has 21 heavy (non-hydrogen) atoms. The number of benzene rings is 1. The van der Waals surface area contributed by atoms with Crippen molar-refractivity contribution < 1.29 is 23.1 Å². The average Bonchev–Trinajstić information content (AvgIpc) is 2.46. The van der Waals surface area contributed by atoms with Crippen molar-refractivity contribution >= 4 is 17.7 Å². The third kappa shape index (κ3) is 4.64. The summed E-state index contributed by atoms with van der Waals surface area (Å²) in [6.07, 6.45) is 1.72. The van der Waals surface area contributed by atoms with E-state index in [-0.39, 0.29) is 35.1 Å². The number of halogens is 3. The monoisotopic (exact) mass is 319 g/mol. The third-order valence-corrected chi connectivity index (χ3v) is 4.14. The molecular weight excluding hydrogens is 303 g/mol. The summed E-state index contributed by atoms with van der Waals surface area (Å²) in [6, 6.07) is 5.44. The number of carbonyl (C=O) groups excluding carboxylic acids is 1. The van der Waals surface area contributed by atoms with Crippen molar-refractivity contribution in [1.29, 1.82) is 0 Å². The van der Waals surface area contributed by atoms with Crippen LogP contribution in [-0.4, -0.2) is 41.1 Å². The van der Waals surface area contributed by atoms with Crippen molar-refractivity contribution in [3.05, 3.63) is 29.8 Å². The highest BCUT2D eigenvalue weighted by Crippen LogP contribution is 2.36. The Bertz CT molecular complexity index is 490. The third-order valence-electron chi connectivity index (χ3n) is 3.40. The fraction of sp³-hybridized carbons (Fsp3) is 0.500. The summed E-state index contributed by atoms with van der Waals surface area (Å²) in [5.74, 6) is -0.112. The molecule has 1 fully saturated rings. The molecule has 1 aromatic rings. The molecule has 1 N–H and O–H groups in total. The summed E-state index contributed by atoms with van der Waals surface area (Å²) in [5.41, 5.74) is -3.95. The molecule has 7 heteroatoms. The SMILES string of the molecule is O=C(c1ccc(SC(F)(F)F)cc1)N1CCCC(CO)C1. The predicted molar refractivity (Wildman–Crippen MR) is 74.1 cm³/mol. The summed E-state index contributed by atoms with van der Waals surface area (Å²) in [6.45, 7) is 1.16. The fourth-order valence-corrected chi connectivity index (χ4v) is 2.92. The minimum atomic E-state index is -4.33. The lowest BCUT2D eigenvalue weighted by Crippen LogP contribution is -2.40. The van der Waals surface area contributed by atoms with Crippen LogP contribution in [0.1, 0.15) is 23.2 Å². The Morgan fingerprint density at radius 3 is 2.57 bits per heavy atom. The van der Waals surface area contributed by atoms with Crippen molar-refractivity contribution in [3.8, 4) is 0 Å². The molecule has 1 atom stereocenters. The molecule has 1 saturated heterocycles. The zero-order chi connectivity index (χ0) is 15.5. The number of likely N-dealkylation sites (tertiary alicyclic amines) is 1. The Labute approximate surface area is 125 Å². The Hall–Kier alpha value is -1.21. The van der Waals surface area contributed by atoms with E-state index in [2.05, 4.69) is 0 Å². The molecule has 1 aromatic carbocycles. The number of alkyl halides is 3. The van der Waals surface area contributed by atoms with Gasteiger partial charge in [-0.25, -0.2) is 0 Å². The van der Waals surface area contributed by atoms with Crippen LogP contribution in [0, 0.1) is 5.92 Å². The normalized spacial score (nSPS) is 19.6. The Morgan fingerprint density at radius 1 is 1.33 bits per heavy atom. The molecule has 0 saturated carbocycles. The van der Waals surface area contributed by atoms with Crippen LogP contribution in [0.5, 0.6) is 0 Å². The minimum Gasteiger partial charge on any atom is -0.396 e. The molecule has 0 bridgehead atoms. The standard InChI is InChI=1S/C14H16F3NO2S/c15-14(16,17)21-12-5-3-11(4-6-12)13(20)18-7-1-2-10(8-18)9-19/h3-6,10,19H,1-2,7-9H2. The molecule has 1 amide bonds. The quantitative estimate of drug-likeness (QED) is 0.870. The van der Waals surface area contributed by atoms with Gasteiger partial charge in [-0.15, -0.1) is 0 Å². The number of amides is 1. The number of aliphatic hydroxyl groups is 1. The molecule has 0 spiro atoms. The van der Waals surface area contributed by atoms with Gasteiger partial charge in [-0.3, -0.25) is 4.79 Å². The lowest BCUT2D eigenvalue weighted by Gasteiger charge is -2.31. The summed E-state index contributed by atoms with van der Waals surface area (Å²) >= 11 is -0.197. The molecule has 3 nitrogen and oxygen atoms in total. The number of hydrogen-bond donors (Lipinski definition) is 1. The molecule has 116 valence electrons. The van der Waals surface area contributed by atoms with Gasteiger partial charge in [-0.1, -0.05) is 0 Å². The highest BCUT2D eigenvalue weighted by molar-refractivity contribution is 8.00. The highest BCUT2D eigenvalue weighted by atomic mass is 32.2. The van der Waals surface area contributed by atoms with Crippen molar-refractivity contribution in [2.45, 2.75) is 23.2 Å². The first-order valence-corrected chi connectivity index (χ1v) is 7.46. The van der Waals surface area contributed by atoms with Crippen LogP contribution >= 0.6 is 11.8 Å². The van der Waals surface area contributed by atoms with E-state index in [0.717, 1.165) is 12.8 Å². The molecule has 1 aliphatic rings. The lowest BCUT2D eigenvalue weighted by molar-refractivity contribution is -0.0328. The number of piperidine rings is 1. The van der Waals surface area contributed by atoms with Crippen molar-refractivity contribution in [3.63, 3.8) is 0 Å². The molecule has 1 unspecified atom stereocenters. The fourth-order valence-electron chi connectivity index (χ4n) is 2.38. The Balaban J connectivity index is 2.02. The van der Waals surface area contributed by atoms with Gasteiger partial charge in [0.25, 0.3) is 5.91 Å². The van der Waals surface area contributed by atoms with E-state index in [4.69, 9.17) is 5.11 Å². The molecule has 0 radical (unpaired) electrons. The van der Waals surface area contributed by atoms with E-state index in [0.29, 0.717) is 18.7 Å². The number of thioether (sulfide) groups is 1. The van der Waals surface area contributed by atoms with E-state index >= 15 is 0 Å². The van der Waals surface area contributed by atoms with E-state index < -0.39 is 5.51 Å². The number of carbonyl (C=O) groups is 1. The second-order valence-electron chi connectivity index (χ2n) is 5.01. The molecule has 0 aromatic heterocycles. The van der Waals surface area contributed by atoms with E-state index in [1.807, 2.05) is 0 Å². The first kappa shape index (κ1) is 16.2. The zero-order valence-electron chi connectivity index (χ0n) is 11.3. The van der Waals surface area contributed by atoms with Crippen LogP contribution in [0.2, 0.25) is 0 Å². The molecule has 1 heterocycles. The summed E-state index contributed by atoms with van der Waals surface area (Å²) in [4.78, 5) is 14.0. The van der Waals surface area contributed by atoms with Gasteiger partial charge in [0.2, 0.25) is 0 Å². The Kier molecular flexibility index (Phi) is 5.16. The number of aliphatic hydroxyl groups excluding tert-OH is 1. The van der Waals surface area contributed by atoms with Crippen LogP contribution in [0.4, 0.5) is 13.2 Å². The predicted octanol–water partition coefficient (Wildman–Crippen LogP) is 3.14. The first-order chi connectivity index (χ1) is 9.89. The van der Waals surface area contributed by atoms with Gasteiger partial charge in [0.15, 0.2) is 0 Å². The average molecular weight is 319 g/mol. The zero-order valence-corrected chi connectivity index (χ0v) is 12.1. The second kappa shape index (κ2) is 6.70. The van der Waals surface area contributed by atoms with Crippen LogP contribution in [0.15, 0.2) is 29.2 Å². The topological polar surface area (TPSA) is 40.5 Å². The summed E-state index contributed by atoms with van der Waals surface area (Å²) < 4.78 is 36.7. The van der Waals surface area contributed by atoms with E-state index in [9.17, 15) is 18.0 Å². The van der Waals surface area contributed by atoms with Gasteiger partial charge >= 0.3 is 5.51 Å². The number of rotatable bonds is 3.